The quantitative estimate of drug-likeness (QED) is 0.689. The van der Waals surface area contributed by atoms with Crippen LogP contribution in [0.2, 0.25) is 0 Å². The van der Waals surface area contributed by atoms with Gasteiger partial charge in [0.1, 0.15) is 17.5 Å². The highest BCUT2D eigenvalue weighted by Gasteiger charge is 2.31. The molecule has 3 aromatic rings. The number of amides is 1. The summed E-state index contributed by atoms with van der Waals surface area (Å²) in [6.45, 7) is 0.662. The fraction of sp³-hybridized carbons (Fsp3) is 0.238. The molecule has 1 saturated heterocycles. The molecule has 2 aromatic carbocycles. The molecule has 2 heterocycles. The number of thioether (sulfide) groups is 1. The summed E-state index contributed by atoms with van der Waals surface area (Å²) in [6.07, 6.45) is 2.52. The number of nitrogens with zero attached hydrogens (tertiary/aromatic N) is 1. The first-order valence-corrected chi connectivity index (χ1v) is 9.70. The number of nitrogens with one attached hydrogen (secondary N) is 1. The highest BCUT2D eigenvalue weighted by molar-refractivity contribution is 8.26. The van der Waals surface area contributed by atoms with Gasteiger partial charge in [-0.15, -0.1) is 0 Å². The standard InChI is InChI=1S/C21H20N2O4S/c1-26-15-8-13(9-16(11-15)27-2)12-23-7-6-17-14(4-3-5-19(17)23)10-18-20(24)28-21(25)22-18/h3-9,11,18H,10,12H2,1-2H3,(H,22,25). The molecule has 1 aliphatic rings. The minimum Gasteiger partial charge on any atom is -0.497 e. The van der Waals surface area contributed by atoms with Crippen molar-refractivity contribution in [2.45, 2.75) is 19.0 Å². The van der Waals surface area contributed by atoms with Crippen LogP contribution in [0.3, 0.4) is 0 Å². The number of ether oxygens (including phenoxy) is 2. The van der Waals surface area contributed by atoms with Crippen LogP contribution in [0.25, 0.3) is 10.9 Å². The Morgan fingerprint density at radius 1 is 1.07 bits per heavy atom. The van der Waals surface area contributed by atoms with Crippen molar-refractivity contribution < 1.29 is 19.1 Å². The number of rotatable bonds is 6. The molecule has 0 saturated carbocycles. The van der Waals surface area contributed by atoms with Gasteiger partial charge < -0.3 is 19.4 Å². The van der Waals surface area contributed by atoms with Crippen molar-refractivity contribution in [3.8, 4) is 11.5 Å². The van der Waals surface area contributed by atoms with E-state index < -0.39 is 6.04 Å². The van der Waals surface area contributed by atoms with Gasteiger partial charge in [-0.3, -0.25) is 9.59 Å². The Labute approximate surface area is 166 Å². The Bertz CT molecular complexity index is 1040. The average Bonchev–Trinajstić information content (AvgIpc) is 3.24. The molecule has 0 bridgehead atoms. The maximum absolute atomic E-state index is 11.9. The smallest absolute Gasteiger partial charge is 0.287 e. The van der Waals surface area contributed by atoms with Crippen LogP contribution >= 0.6 is 11.8 Å². The molecule has 1 aromatic heterocycles. The summed E-state index contributed by atoms with van der Waals surface area (Å²) >= 11 is 0.749. The normalized spacial score (nSPS) is 16.4. The number of fused-ring (bicyclic) bond motifs is 1. The van der Waals surface area contributed by atoms with Crippen molar-refractivity contribution in [1.29, 1.82) is 0 Å². The third-order valence-corrected chi connectivity index (χ3v) is 5.65. The van der Waals surface area contributed by atoms with Crippen LogP contribution in [0.4, 0.5) is 4.79 Å². The number of carbonyl (C=O) groups is 2. The topological polar surface area (TPSA) is 69.6 Å². The lowest BCUT2D eigenvalue weighted by molar-refractivity contribution is -0.112. The summed E-state index contributed by atoms with van der Waals surface area (Å²) in [5, 5.41) is 3.42. The molecule has 1 amide bonds. The average molecular weight is 396 g/mol. The van der Waals surface area contributed by atoms with E-state index in [0.29, 0.717) is 13.0 Å². The predicted octanol–water partition coefficient (Wildman–Crippen LogP) is 3.60. The molecule has 28 heavy (non-hydrogen) atoms. The van der Waals surface area contributed by atoms with Crippen molar-refractivity contribution in [3.05, 3.63) is 59.8 Å². The number of hydrogen-bond acceptors (Lipinski definition) is 5. The van der Waals surface area contributed by atoms with E-state index in [4.69, 9.17) is 9.47 Å². The van der Waals surface area contributed by atoms with Gasteiger partial charge in [0.2, 0.25) is 5.12 Å². The van der Waals surface area contributed by atoms with E-state index >= 15 is 0 Å². The van der Waals surface area contributed by atoms with Gasteiger partial charge >= 0.3 is 0 Å². The Morgan fingerprint density at radius 2 is 1.82 bits per heavy atom. The molecular weight excluding hydrogens is 376 g/mol. The first-order valence-electron chi connectivity index (χ1n) is 8.88. The molecule has 1 fully saturated rings. The highest BCUT2D eigenvalue weighted by Crippen LogP contribution is 2.27. The van der Waals surface area contributed by atoms with Crippen LogP contribution in [-0.4, -0.2) is 35.2 Å². The van der Waals surface area contributed by atoms with Crippen molar-refractivity contribution in [2.24, 2.45) is 0 Å². The van der Waals surface area contributed by atoms with Gasteiger partial charge in [0.05, 0.1) is 14.2 Å². The molecule has 7 heteroatoms. The zero-order valence-electron chi connectivity index (χ0n) is 15.6. The molecule has 1 atom stereocenters. The lowest BCUT2D eigenvalue weighted by atomic mass is 10.0. The molecular formula is C21H20N2O4S. The summed E-state index contributed by atoms with van der Waals surface area (Å²) in [5.74, 6) is 1.50. The second-order valence-corrected chi connectivity index (χ2v) is 7.60. The van der Waals surface area contributed by atoms with Crippen LogP contribution in [0.15, 0.2) is 48.7 Å². The maximum atomic E-state index is 11.9. The fourth-order valence-electron chi connectivity index (χ4n) is 3.50. The minimum absolute atomic E-state index is 0.120. The van der Waals surface area contributed by atoms with Crippen molar-refractivity contribution in [1.82, 2.24) is 9.88 Å². The van der Waals surface area contributed by atoms with Crippen LogP contribution in [0.1, 0.15) is 11.1 Å². The zero-order valence-corrected chi connectivity index (χ0v) is 16.4. The summed E-state index contributed by atoms with van der Waals surface area (Å²) in [4.78, 5) is 23.4. The number of benzene rings is 2. The first-order chi connectivity index (χ1) is 13.6. The third kappa shape index (κ3) is 3.57. The lowest BCUT2D eigenvalue weighted by Gasteiger charge is -2.12. The molecule has 144 valence electrons. The number of methoxy groups -OCH3 is 2. The van der Waals surface area contributed by atoms with Crippen LogP contribution in [-0.2, 0) is 17.8 Å². The molecule has 4 rings (SSSR count). The highest BCUT2D eigenvalue weighted by atomic mass is 32.2. The largest absolute Gasteiger partial charge is 0.497 e. The summed E-state index contributed by atoms with van der Waals surface area (Å²) in [7, 11) is 3.27. The van der Waals surface area contributed by atoms with E-state index in [1.807, 2.05) is 36.5 Å². The second-order valence-electron chi connectivity index (χ2n) is 6.62. The summed E-state index contributed by atoms with van der Waals surface area (Å²) in [5.41, 5.74) is 3.18. The molecule has 0 aliphatic carbocycles. The summed E-state index contributed by atoms with van der Waals surface area (Å²) < 4.78 is 12.9. The van der Waals surface area contributed by atoms with Crippen molar-refractivity contribution in [2.75, 3.05) is 14.2 Å². The van der Waals surface area contributed by atoms with Gasteiger partial charge in [0.25, 0.3) is 5.24 Å². The SMILES string of the molecule is COc1cc(Cn2ccc3c(CC4NC(=O)SC4=O)cccc32)cc(OC)c1. The fourth-order valence-corrected chi connectivity index (χ4v) is 4.17. The molecule has 1 unspecified atom stereocenters. The molecule has 0 radical (unpaired) electrons. The van der Waals surface area contributed by atoms with Gasteiger partial charge in [0.15, 0.2) is 0 Å². The third-order valence-electron chi connectivity index (χ3n) is 4.86. The van der Waals surface area contributed by atoms with Gasteiger partial charge in [-0.1, -0.05) is 12.1 Å². The molecule has 6 nitrogen and oxygen atoms in total. The summed E-state index contributed by atoms with van der Waals surface area (Å²) in [6, 6.07) is 13.5. The Morgan fingerprint density at radius 3 is 2.46 bits per heavy atom. The molecule has 0 spiro atoms. The number of carbonyl (C=O) groups excluding carboxylic acids is 2. The van der Waals surface area contributed by atoms with E-state index in [-0.39, 0.29) is 10.4 Å². The molecule has 1 N–H and O–H groups in total. The van der Waals surface area contributed by atoms with Crippen LogP contribution in [0.5, 0.6) is 11.5 Å². The Kier molecular flexibility index (Phi) is 5.00. The molecule has 1 aliphatic heterocycles. The number of aromatic nitrogens is 1. The monoisotopic (exact) mass is 396 g/mol. The first kappa shape index (κ1) is 18.4. The van der Waals surface area contributed by atoms with E-state index in [2.05, 4.69) is 22.0 Å². The Balaban J connectivity index is 1.63. The zero-order chi connectivity index (χ0) is 19.7. The van der Waals surface area contributed by atoms with Gasteiger partial charge in [-0.25, -0.2) is 0 Å². The van der Waals surface area contributed by atoms with Crippen molar-refractivity contribution >= 4 is 33.0 Å². The van der Waals surface area contributed by atoms with Gasteiger partial charge in [-0.05, 0) is 35.4 Å². The van der Waals surface area contributed by atoms with E-state index in [1.54, 1.807) is 14.2 Å². The van der Waals surface area contributed by atoms with Crippen LogP contribution in [0, 0.1) is 0 Å². The van der Waals surface area contributed by atoms with Crippen LogP contribution < -0.4 is 14.8 Å². The predicted molar refractivity (Wildman–Crippen MR) is 109 cm³/mol. The Hall–Kier alpha value is -2.93. The van der Waals surface area contributed by atoms with Crippen molar-refractivity contribution in [3.63, 3.8) is 0 Å². The van der Waals surface area contributed by atoms with Gasteiger partial charge in [0, 0.05) is 47.9 Å². The number of hydrogen-bond donors (Lipinski definition) is 1. The second kappa shape index (κ2) is 7.59. The van der Waals surface area contributed by atoms with Gasteiger partial charge in [-0.2, -0.15) is 0 Å². The van der Waals surface area contributed by atoms with E-state index in [0.717, 1.165) is 45.3 Å². The van der Waals surface area contributed by atoms with E-state index in [1.165, 1.54) is 0 Å². The lowest BCUT2D eigenvalue weighted by Crippen LogP contribution is -2.30. The maximum Gasteiger partial charge on any atom is 0.287 e. The van der Waals surface area contributed by atoms with E-state index in [9.17, 15) is 9.59 Å². The minimum atomic E-state index is -0.464.